The molecule has 0 aliphatic carbocycles. The van der Waals surface area contributed by atoms with Crippen molar-refractivity contribution in [1.29, 1.82) is 0 Å². The third-order valence-corrected chi connectivity index (χ3v) is 4.11. The fourth-order valence-corrected chi connectivity index (χ4v) is 2.65. The number of hydrogen-bond acceptors (Lipinski definition) is 2. The normalized spacial score (nSPS) is 11.9. The van der Waals surface area contributed by atoms with Gasteiger partial charge in [-0.1, -0.05) is 78.9 Å². The molecule has 2 nitrogen and oxygen atoms in total. The van der Waals surface area contributed by atoms with Gasteiger partial charge >= 0.3 is 0 Å². The lowest BCUT2D eigenvalue weighted by molar-refractivity contribution is 0.301. The molecule has 0 saturated carbocycles. The first-order chi connectivity index (χ1) is 11.8. The maximum absolute atomic E-state index is 6.02. The van der Waals surface area contributed by atoms with Crippen molar-refractivity contribution in [2.45, 2.75) is 26.1 Å². The summed E-state index contributed by atoms with van der Waals surface area (Å²) in [6.07, 6.45) is 0. The Bertz CT molecular complexity index is 740. The summed E-state index contributed by atoms with van der Waals surface area (Å²) in [6, 6.07) is 29.3. The maximum Gasteiger partial charge on any atom is 0.124 e. The highest BCUT2D eigenvalue weighted by Crippen LogP contribution is 2.21. The molecule has 122 valence electrons. The van der Waals surface area contributed by atoms with Gasteiger partial charge in [-0.05, 0) is 24.1 Å². The first-order valence-electron chi connectivity index (χ1n) is 8.36. The monoisotopic (exact) mass is 317 g/mol. The van der Waals surface area contributed by atoms with Crippen molar-refractivity contribution < 1.29 is 4.74 Å². The summed E-state index contributed by atoms with van der Waals surface area (Å²) < 4.78 is 6.02. The number of hydrogen-bond donors (Lipinski definition) is 1. The van der Waals surface area contributed by atoms with E-state index in [0.717, 1.165) is 12.3 Å². The van der Waals surface area contributed by atoms with Crippen molar-refractivity contribution in [2.75, 3.05) is 0 Å². The molecule has 2 heteroatoms. The Balaban J connectivity index is 1.61. The van der Waals surface area contributed by atoms with Crippen LogP contribution in [0.3, 0.4) is 0 Å². The topological polar surface area (TPSA) is 21.3 Å². The predicted octanol–water partition coefficient (Wildman–Crippen LogP) is 5.12. The Kier molecular flexibility index (Phi) is 5.65. The lowest BCUT2D eigenvalue weighted by Crippen LogP contribution is -2.18. The quantitative estimate of drug-likeness (QED) is 0.653. The van der Waals surface area contributed by atoms with Crippen LogP contribution in [0.1, 0.15) is 29.7 Å². The zero-order valence-electron chi connectivity index (χ0n) is 14.0. The zero-order chi connectivity index (χ0) is 16.6. The molecule has 0 radical (unpaired) electrons. The van der Waals surface area contributed by atoms with Gasteiger partial charge in [0.2, 0.25) is 0 Å². The van der Waals surface area contributed by atoms with E-state index in [-0.39, 0.29) is 0 Å². The number of benzene rings is 3. The molecule has 24 heavy (non-hydrogen) atoms. The molecule has 1 N–H and O–H groups in total. The SMILES string of the molecule is C[C@H](NCc1ccccc1OCc1ccccc1)c1ccccc1. The third kappa shape index (κ3) is 4.46. The van der Waals surface area contributed by atoms with Crippen LogP contribution in [0.15, 0.2) is 84.9 Å². The highest BCUT2D eigenvalue weighted by Gasteiger charge is 2.07. The second kappa shape index (κ2) is 8.32. The minimum absolute atomic E-state index is 0.299. The molecular formula is C22H23NO. The van der Waals surface area contributed by atoms with Gasteiger partial charge < -0.3 is 10.1 Å². The van der Waals surface area contributed by atoms with Crippen molar-refractivity contribution in [3.05, 3.63) is 102 Å². The maximum atomic E-state index is 6.02. The number of rotatable bonds is 7. The molecule has 3 rings (SSSR count). The Morgan fingerprint density at radius 3 is 2.17 bits per heavy atom. The average Bonchev–Trinajstić information content (AvgIpc) is 2.66. The van der Waals surface area contributed by atoms with Crippen LogP contribution >= 0.6 is 0 Å². The van der Waals surface area contributed by atoms with E-state index in [0.29, 0.717) is 12.6 Å². The van der Waals surface area contributed by atoms with Gasteiger partial charge in [0.1, 0.15) is 12.4 Å². The van der Waals surface area contributed by atoms with Crippen LogP contribution in [0, 0.1) is 0 Å². The van der Waals surface area contributed by atoms with E-state index in [1.54, 1.807) is 0 Å². The zero-order valence-corrected chi connectivity index (χ0v) is 14.0. The summed E-state index contributed by atoms with van der Waals surface area (Å²) in [4.78, 5) is 0. The molecule has 3 aromatic rings. The molecule has 3 aromatic carbocycles. The van der Waals surface area contributed by atoms with Crippen LogP contribution in [-0.4, -0.2) is 0 Å². The molecule has 0 aromatic heterocycles. The van der Waals surface area contributed by atoms with Gasteiger partial charge in [-0.3, -0.25) is 0 Å². The predicted molar refractivity (Wildman–Crippen MR) is 98.9 cm³/mol. The van der Waals surface area contributed by atoms with Gasteiger partial charge in [0.25, 0.3) is 0 Å². The molecule has 0 amide bonds. The van der Waals surface area contributed by atoms with Crippen LogP contribution < -0.4 is 10.1 Å². The smallest absolute Gasteiger partial charge is 0.124 e. The first kappa shape index (κ1) is 16.3. The lowest BCUT2D eigenvalue weighted by Gasteiger charge is -2.16. The van der Waals surface area contributed by atoms with Gasteiger partial charge in [-0.2, -0.15) is 0 Å². The summed E-state index contributed by atoms with van der Waals surface area (Å²) in [5.74, 6) is 0.939. The van der Waals surface area contributed by atoms with E-state index in [9.17, 15) is 0 Å². The Morgan fingerprint density at radius 1 is 0.792 bits per heavy atom. The van der Waals surface area contributed by atoms with E-state index in [1.165, 1.54) is 16.7 Å². The summed E-state index contributed by atoms with van der Waals surface area (Å²) >= 11 is 0. The molecule has 0 unspecified atom stereocenters. The van der Waals surface area contributed by atoms with Crippen LogP contribution in [0.2, 0.25) is 0 Å². The Hall–Kier alpha value is -2.58. The van der Waals surface area contributed by atoms with Crippen molar-refractivity contribution in [3.63, 3.8) is 0 Å². The molecule has 0 heterocycles. The Morgan fingerprint density at radius 2 is 1.42 bits per heavy atom. The molecule has 0 spiro atoms. The van der Waals surface area contributed by atoms with Gasteiger partial charge in [0, 0.05) is 18.2 Å². The number of para-hydroxylation sites is 1. The largest absolute Gasteiger partial charge is 0.489 e. The first-order valence-corrected chi connectivity index (χ1v) is 8.36. The second-order valence-electron chi connectivity index (χ2n) is 5.90. The van der Waals surface area contributed by atoms with Crippen molar-refractivity contribution in [3.8, 4) is 5.75 Å². The van der Waals surface area contributed by atoms with E-state index in [2.05, 4.69) is 60.8 Å². The average molecular weight is 317 g/mol. The lowest BCUT2D eigenvalue weighted by atomic mass is 10.1. The molecule has 0 saturated heterocycles. The van der Waals surface area contributed by atoms with E-state index < -0.39 is 0 Å². The third-order valence-electron chi connectivity index (χ3n) is 4.11. The van der Waals surface area contributed by atoms with Crippen molar-refractivity contribution in [1.82, 2.24) is 5.32 Å². The Labute approximate surface area is 144 Å². The van der Waals surface area contributed by atoms with Crippen LogP contribution in [0.4, 0.5) is 0 Å². The fraction of sp³-hybridized carbons (Fsp3) is 0.182. The fourth-order valence-electron chi connectivity index (χ4n) is 2.65. The molecule has 0 aliphatic rings. The van der Waals surface area contributed by atoms with E-state index >= 15 is 0 Å². The van der Waals surface area contributed by atoms with Crippen LogP contribution in [0.5, 0.6) is 5.75 Å². The number of ether oxygens (including phenoxy) is 1. The summed E-state index contributed by atoms with van der Waals surface area (Å²) in [6.45, 7) is 3.55. The van der Waals surface area contributed by atoms with Gasteiger partial charge in [0.15, 0.2) is 0 Å². The van der Waals surface area contributed by atoms with E-state index in [1.807, 2.05) is 36.4 Å². The minimum Gasteiger partial charge on any atom is -0.489 e. The highest BCUT2D eigenvalue weighted by atomic mass is 16.5. The molecule has 0 fully saturated rings. The summed E-state index contributed by atoms with van der Waals surface area (Å²) in [5.41, 5.74) is 3.65. The highest BCUT2D eigenvalue weighted by molar-refractivity contribution is 5.34. The van der Waals surface area contributed by atoms with Gasteiger partial charge in [-0.15, -0.1) is 0 Å². The number of nitrogens with one attached hydrogen (secondary N) is 1. The molecule has 0 aliphatic heterocycles. The van der Waals surface area contributed by atoms with Gasteiger partial charge in [0.05, 0.1) is 0 Å². The minimum atomic E-state index is 0.299. The van der Waals surface area contributed by atoms with Crippen molar-refractivity contribution in [2.24, 2.45) is 0 Å². The van der Waals surface area contributed by atoms with E-state index in [4.69, 9.17) is 4.74 Å². The standard InChI is InChI=1S/C22H23NO/c1-18(20-12-6-3-7-13-20)23-16-21-14-8-9-15-22(21)24-17-19-10-4-2-5-11-19/h2-15,18,23H,16-17H2,1H3/t18-/m0/s1. The molecule has 1 atom stereocenters. The summed E-state index contributed by atoms with van der Waals surface area (Å²) in [5, 5.41) is 3.57. The summed E-state index contributed by atoms with van der Waals surface area (Å²) in [7, 11) is 0. The molecule has 0 bridgehead atoms. The van der Waals surface area contributed by atoms with Gasteiger partial charge in [-0.25, -0.2) is 0 Å². The van der Waals surface area contributed by atoms with Crippen LogP contribution in [-0.2, 0) is 13.2 Å². The molecular weight excluding hydrogens is 294 g/mol. The second-order valence-corrected chi connectivity index (χ2v) is 5.90. The van der Waals surface area contributed by atoms with Crippen molar-refractivity contribution >= 4 is 0 Å². The van der Waals surface area contributed by atoms with Crippen LogP contribution in [0.25, 0.3) is 0 Å².